The molecular weight excluding hydrogens is 654 g/mol. The van der Waals surface area contributed by atoms with Crippen molar-refractivity contribution >= 4 is 136 Å². The summed E-state index contributed by atoms with van der Waals surface area (Å²) in [6, 6.07) is 0. The van der Waals surface area contributed by atoms with Gasteiger partial charge >= 0.3 is 144 Å². The van der Waals surface area contributed by atoms with Gasteiger partial charge in [0.15, 0.2) is 0 Å². The van der Waals surface area contributed by atoms with Gasteiger partial charge < -0.3 is 31.7 Å². The van der Waals surface area contributed by atoms with Gasteiger partial charge in [-0.1, -0.05) is 0 Å². The predicted molar refractivity (Wildman–Crippen MR) is 33.5 cm³/mol. The molecule has 0 saturated heterocycles. The quantitative estimate of drug-likeness (QED) is 0.198. The minimum absolute atomic E-state index is 0. The molecule has 14 heteroatoms. The van der Waals surface area contributed by atoms with Gasteiger partial charge in [-0.15, -0.1) is 0 Å². The molecule has 0 aromatic heterocycles. The first-order valence-corrected chi connectivity index (χ1v) is 6.08. The molecule has 0 aromatic carbocycles. The van der Waals surface area contributed by atoms with Crippen LogP contribution in [0.4, 0.5) is 0 Å². The van der Waals surface area contributed by atoms with Crippen molar-refractivity contribution in [2.45, 2.75) is 0 Å². The molecule has 0 amide bonds. The molecule has 0 aliphatic heterocycles. The summed E-state index contributed by atoms with van der Waals surface area (Å²) in [4.78, 5) is 25.6. The van der Waals surface area contributed by atoms with Crippen LogP contribution in [0.5, 0.6) is 0 Å². The van der Waals surface area contributed by atoms with Gasteiger partial charge in [0.25, 0.3) is 0 Å². The van der Waals surface area contributed by atoms with Crippen molar-refractivity contribution < 1.29 is 47.7 Å². The molecule has 0 aromatic rings. The second-order valence-corrected chi connectivity index (χ2v) is 3.78. The summed E-state index contributed by atoms with van der Waals surface area (Å²) >= 11 is -5.62. The molecular formula is HAsBaCaClO8PPb. The molecule has 0 unspecified atom stereocenters. The van der Waals surface area contributed by atoms with E-state index in [0.717, 1.165) is 0 Å². The molecule has 0 atom stereocenters. The normalized spacial score (nSPS) is 8.43. The summed E-state index contributed by atoms with van der Waals surface area (Å²) in [5, 5.41) is 0. The molecule has 0 aliphatic carbocycles. The Balaban J connectivity index is -0.0000000178. The molecule has 1 N–H and O–H groups in total. The van der Waals surface area contributed by atoms with E-state index in [4.69, 9.17) is 35.3 Å². The second-order valence-electron chi connectivity index (χ2n) is 0.916. The van der Waals surface area contributed by atoms with Gasteiger partial charge in [-0.3, -0.25) is 0 Å². The van der Waals surface area contributed by atoms with Gasteiger partial charge in [-0.05, 0) is 0 Å². The Bertz CT molecular complexity index is 142. The van der Waals surface area contributed by atoms with Crippen LogP contribution >= 0.6 is 7.82 Å². The molecule has 14 heavy (non-hydrogen) atoms. The van der Waals surface area contributed by atoms with Crippen LogP contribution in [0.1, 0.15) is 0 Å². The first-order valence-electron chi connectivity index (χ1n) is 1.48. The number of rotatable bonds is 0. The van der Waals surface area contributed by atoms with Gasteiger partial charge in [0.05, 0.1) is 0 Å². The molecule has 8 nitrogen and oxygen atoms in total. The summed E-state index contributed by atoms with van der Waals surface area (Å²) in [5.41, 5.74) is 0. The molecule has 0 bridgehead atoms. The Kier molecular flexibility index (Phi) is 45.0. The Labute approximate surface area is 179 Å². The standard InChI is InChI=1S/AsH3O4.Ba.Ca.ClH.H3O4P.Pb/c2-1(3,4)5;;;;1-5(2,3)4;/h(H3,2,3,4,5);;;1H;(H3,1,2,3,4);/q;2*+2;;;+2/p-6. The molecule has 0 heterocycles. The third-order valence-corrected chi connectivity index (χ3v) is 0. The van der Waals surface area contributed by atoms with E-state index in [9.17, 15) is 0 Å². The average Bonchev–Trinajstić information content (AvgIpc) is 1.12. The van der Waals surface area contributed by atoms with Crippen LogP contribution in [0, 0.1) is 0 Å². The van der Waals surface area contributed by atoms with Crippen molar-refractivity contribution in [1.29, 1.82) is 0 Å². The fourth-order valence-electron chi connectivity index (χ4n) is 0. The van der Waals surface area contributed by atoms with Crippen LogP contribution in [0.3, 0.4) is 0 Å². The third-order valence-electron chi connectivity index (χ3n) is 0. The van der Waals surface area contributed by atoms with Crippen molar-refractivity contribution in [2.24, 2.45) is 0 Å². The first-order chi connectivity index (χ1) is 4.00. The minimum Gasteiger partial charge on any atom is -1.00 e. The van der Waals surface area contributed by atoms with Gasteiger partial charge in [0, 0.05) is 0 Å². The third kappa shape index (κ3) is 201. The summed E-state index contributed by atoms with van der Waals surface area (Å²) in [5.74, 6) is 0. The Morgan fingerprint density at radius 3 is 1.14 bits per heavy atom. The number of hydrogen-bond donors (Lipinski definition) is 1. The van der Waals surface area contributed by atoms with Crippen molar-refractivity contribution in [3.8, 4) is 0 Å². The van der Waals surface area contributed by atoms with Crippen molar-refractivity contribution in [1.82, 2.24) is 0 Å². The van der Waals surface area contributed by atoms with Crippen molar-refractivity contribution in [2.75, 3.05) is 0 Å². The summed E-state index contributed by atoms with van der Waals surface area (Å²) < 4.78 is 41.7. The molecule has 74 valence electrons. The molecule has 0 spiro atoms. The van der Waals surface area contributed by atoms with Crippen LogP contribution in [0.2, 0.25) is 0 Å². The Morgan fingerprint density at radius 2 is 1.14 bits per heavy atom. The molecule has 0 saturated carbocycles. The van der Waals surface area contributed by atoms with Crippen LogP contribution in [0.15, 0.2) is 0 Å². The van der Waals surface area contributed by atoms with Crippen molar-refractivity contribution in [3.63, 3.8) is 0 Å². The van der Waals surface area contributed by atoms with Crippen LogP contribution < -0.4 is 35.3 Å². The fraction of sp³-hybridized carbons (Fsp3) is 0. The maximum absolute atomic E-state index is 8.72. The molecule has 2 radical (unpaired) electrons. The summed E-state index contributed by atoms with van der Waals surface area (Å²) in [6.07, 6.45) is 0. The Morgan fingerprint density at radius 1 is 1.14 bits per heavy atom. The Hall–Kier alpha value is 4.39. The zero-order valence-electron chi connectivity index (χ0n) is 6.49. The topological polar surface area (TPSA) is 170 Å². The summed E-state index contributed by atoms with van der Waals surface area (Å²) in [7, 11) is -5.39. The van der Waals surface area contributed by atoms with Gasteiger partial charge in [-0.25, -0.2) is 0 Å². The molecule has 0 fully saturated rings. The van der Waals surface area contributed by atoms with Gasteiger partial charge in [0.1, 0.15) is 0 Å². The first kappa shape index (κ1) is 36.2. The summed E-state index contributed by atoms with van der Waals surface area (Å²) in [6.45, 7) is 0. The predicted octanol–water partition coefficient (Wildman–Crippen LogP) is -10.4. The monoisotopic (exact) mass is 656 g/mol. The van der Waals surface area contributed by atoms with Crippen LogP contribution in [0.25, 0.3) is 0 Å². The van der Waals surface area contributed by atoms with E-state index in [2.05, 4.69) is 0 Å². The number of hydrogen-bond acceptors (Lipinski definition) is 7. The SMILES string of the molecule is O=P([O-])([O-])[O-].O=[As]([O-])([O-])O.[Ba+2].[Ca+2].[Cl-].[Pb+2]. The van der Waals surface area contributed by atoms with E-state index in [-0.39, 0.29) is 126 Å². The van der Waals surface area contributed by atoms with E-state index >= 15 is 0 Å². The minimum atomic E-state index is -5.62. The van der Waals surface area contributed by atoms with Gasteiger partial charge in [-0.2, -0.15) is 7.82 Å². The van der Waals surface area contributed by atoms with E-state index in [1.807, 2.05) is 0 Å². The van der Waals surface area contributed by atoms with E-state index in [1.54, 1.807) is 0 Å². The smallest absolute Gasteiger partial charge is 1.00 e. The fourth-order valence-corrected chi connectivity index (χ4v) is 0. The zero-order valence-corrected chi connectivity index (χ0v) is 20.6. The number of halogens is 1. The van der Waals surface area contributed by atoms with E-state index < -0.39 is 22.3 Å². The van der Waals surface area contributed by atoms with Gasteiger partial charge in [0.2, 0.25) is 0 Å². The average molecular weight is 655 g/mol. The zero-order chi connectivity index (χ0) is 9.00. The largest absolute Gasteiger partial charge is 2.00 e. The maximum atomic E-state index is 8.72. The van der Waals surface area contributed by atoms with Crippen molar-refractivity contribution in [3.05, 3.63) is 0 Å². The van der Waals surface area contributed by atoms with Crippen LogP contribution in [-0.4, -0.2) is 133 Å². The molecule has 0 aliphatic rings. The number of phosphoric acid groups is 1. The van der Waals surface area contributed by atoms with E-state index in [1.165, 1.54) is 0 Å². The maximum Gasteiger partial charge on any atom is 2.00 e. The molecule has 0 rings (SSSR count). The second kappa shape index (κ2) is 17.4. The van der Waals surface area contributed by atoms with Crippen LogP contribution in [-0.2, 0) is 8.30 Å². The van der Waals surface area contributed by atoms with E-state index in [0.29, 0.717) is 0 Å².